The lowest BCUT2D eigenvalue weighted by Gasteiger charge is -2.35. The second-order valence-corrected chi connectivity index (χ2v) is 9.24. The number of benzene rings is 1. The fourth-order valence-electron chi connectivity index (χ4n) is 4.03. The lowest BCUT2D eigenvalue weighted by Crippen LogP contribution is -2.99. The molecular weight excluding hydrogens is 413 g/mol. The van der Waals surface area contributed by atoms with Crippen LogP contribution in [0.25, 0.3) is 0 Å². The normalized spacial score (nSPS) is 23.9. The number of hydrogen-bond acceptors (Lipinski definition) is 6. The number of esters is 1. The zero-order chi connectivity index (χ0) is 21.3. The van der Waals surface area contributed by atoms with Gasteiger partial charge in [0, 0.05) is 18.9 Å². The van der Waals surface area contributed by atoms with Crippen LogP contribution in [0, 0.1) is 5.82 Å². The number of nitrogens with zero attached hydrogens (tertiary/aromatic N) is 2. The SMILES string of the molecule is CCOC(=O)[C@@H]1[C@@H]2CC[C@H](CN1S(=O)(=O)c1ccc(Oc3ccc(F)cc3)nc1)[NH2+]2. The standard InChI is InChI=1S/C20H22FN3O5S/c1-2-28-20(25)19-17-9-5-14(23-17)12-24(19)30(26,27)16-8-10-18(22-11-16)29-15-6-3-13(21)4-7-15/h3-4,6-8,10-11,14,17,19,23H,2,5,9,12H2,1H3/p+1/t14-,17+,19+/m1/s1. The molecule has 1 aromatic carbocycles. The molecule has 0 saturated carbocycles. The zero-order valence-corrected chi connectivity index (χ0v) is 17.2. The number of ether oxygens (including phenoxy) is 2. The maximum Gasteiger partial charge on any atom is 0.330 e. The number of aromatic nitrogens is 1. The van der Waals surface area contributed by atoms with Crippen LogP contribution in [0.15, 0.2) is 47.5 Å². The van der Waals surface area contributed by atoms with Gasteiger partial charge in [-0.3, -0.25) is 4.79 Å². The topological polar surface area (TPSA) is 102 Å². The Bertz CT molecular complexity index is 1010. The molecule has 2 aliphatic heterocycles. The third kappa shape index (κ3) is 4.03. The number of quaternary nitrogens is 1. The van der Waals surface area contributed by atoms with Gasteiger partial charge in [-0.15, -0.1) is 0 Å². The summed E-state index contributed by atoms with van der Waals surface area (Å²) < 4.78 is 51.6. The minimum atomic E-state index is -3.95. The van der Waals surface area contributed by atoms with Gasteiger partial charge in [-0.05, 0) is 37.3 Å². The molecule has 1 aromatic heterocycles. The van der Waals surface area contributed by atoms with Crippen molar-refractivity contribution >= 4 is 16.0 Å². The van der Waals surface area contributed by atoms with Crippen LogP contribution in [0.5, 0.6) is 11.6 Å². The van der Waals surface area contributed by atoms with Crippen molar-refractivity contribution in [3.05, 3.63) is 48.4 Å². The number of nitrogens with two attached hydrogens (primary N) is 1. The van der Waals surface area contributed by atoms with E-state index >= 15 is 0 Å². The average Bonchev–Trinajstić information content (AvgIpc) is 3.10. The highest BCUT2D eigenvalue weighted by molar-refractivity contribution is 7.89. The molecule has 0 amide bonds. The van der Waals surface area contributed by atoms with Gasteiger partial charge in [0.05, 0.1) is 19.3 Å². The molecule has 2 fully saturated rings. The van der Waals surface area contributed by atoms with Crippen molar-refractivity contribution in [2.24, 2.45) is 0 Å². The Labute approximate surface area is 174 Å². The fourth-order valence-corrected chi connectivity index (χ4v) is 5.65. The molecular formula is C20H23FN3O5S+. The summed E-state index contributed by atoms with van der Waals surface area (Å²) in [4.78, 5) is 16.6. The average molecular weight is 436 g/mol. The summed E-state index contributed by atoms with van der Waals surface area (Å²) in [6.07, 6.45) is 2.83. The maximum absolute atomic E-state index is 13.3. The van der Waals surface area contributed by atoms with E-state index in [4.69, 9.17) is 9.47 Å². The summed E-state index contributed by atoms with van der Waals surface area (Å²) in [5.74, 6) is -0.355. The maximum atomic E-state index is 13.3. The number of rotatable bonds is 6. The van der Waals surface area contributed by atoms with E-state index in [1.807, 2.05) is 0 Å². The van der Waals surface area contributed by atoms with E-state index in [9.17, 15) is 17.6 Å². The van der Waals surface area contributed by atoms with Crippen LogP contribution >= 0.6 is 0 Å². The molecule has 0 spiro atoms. The molecule has 10 heteroatoms. The van der Waals surface area contributed by atoms with Gasteiger partial charge in [-0.1, -0.05) is 0 Å². The van der Waals surface area contributed by atoms with Crippen molar-refractivity contribution < 1.29 is 32.4 Å². The number of hydrogen-bond donors (Lipinski definition) is 1. The third-order valence-corrected chi connectivity index (χ3v) is 7.23. The van der Waals surface area contributed by atoms with E-state index in [2.05, 4.69) is 10.3 Å². The Morgan fingerprint density at radius 2 is 2.00 bits per heavy atom. The molecule has 160 valence electrons. The number of pyridine rings is 1. The van der Waals surface area contributed by atoms with E-state index in [-0.39, 0.29) is 41.8 Å². The van der Waals surface area contributed by atoms with Crippen molar-refractivity contribution in [2.45, 2.75) is 42.8 Å². The van der Waals surface area contributed by atoms with Crippen molar-refractivity contribution in [1.29, 1.82) is 0 Å². The highest BCUT2D eigenvalue weighted by Gasteiger charge is 2.52. The van der Waals surface area contributed by atoms with Gasteiger partial charge in [0.2, 0.25) is 15.9 Å². The smallest absolute Gasteiger partial charge is 0.330 e. The van der Waals surface area contributed by atoms with Crippen LogP contribution in [-0.2, 0) is 19.6 Å². The zero-order valence-electron chi connectivity index (χ0n) is 16.4. The Hall–Kier alpha value is -2.56. The largest absolute Gasteiger partial charge is 0.465 e. The van der Waals surface area contributed by atoms with E-state index in [0.717, 1.165) is 12.8 Å². The van der Waals surface area contributed by atoms with Crippen molar-refractivity contribution in [2.75, 3.05) is 13.2 Å². The van der Waals surface area contributed by atoms with Gasteiger partial charge in [0.1, 0.15) is 28.5 Å². The van der Waals surface area contributed by atoms with Gasteiger partial charge in [-0.2, -0.15) is 4.31 Å². The number of piperazine rings is 1. The van der Waals surface area contributed by atoms with Crippen LogP contribution in [0.2, 0.25) is 0 Å². The second kappa shape index (κ2) is 8.29. The minimum absolute atomic E-state index is 0.0236. The lowest BCUT2D eigenvalue weighted by molar-refractivity contribution is -0.712. The Kier molecular flexibility index (Phi) is 5.72. The summed E-state index contributed by atoms with van der Waals surface area (Å²) in [6.45, 7) is 2.14. The van der Waals surface area contributed by atoms with Crippen molar-refractivity contribution in [1.82, 2.24) is 9.29 Å². The van der Waals surface area contributed by atoms with Crippen LogP contribution in [0.3, 0.4) is 0 Å². The van der Waals surface area contributed by atoms with Crippen LogP contribution in [0.1, 0.15) is 19.8 Å². The summed E-state index contributed by atoms with van der Waals surface area (Å²) in [5, 5.41) is 2.07. The van der Waals surface area contributed by atoms with Gasteiger partial charge in [-0.25, -0.2) is 17.8 Å². The summed E-state index contributed by atoms with van der Waals surface area (Å²) >= 11 is 0. The van der Waals surface area contributed by atoms with Crippen molar-refractivity contribution in [3.8, 4) is 11.6 Å². The molecule has 4 rings (SSSR count). The van der Waals surface area contributed by atoms with Gasteiger partial charge >= 0.3 is 5.97 Å². The van der Waals surface area contributed by atoms with E-state index in [1.54, 1.807) is 6.92 Å². The fraction of sp³-hybridized carbons (Fsp3) is 0.400. The predicted molar refractivity (Wildman–Crippen MR) is 104 cm³/mol. The molecule has 30 heavy (non-hydrogen) atoms. The molecule has 3 heterocycles. The first-order valence-electron chi connectivity index (χ1n) is 9.81. The van der Waals surface area contributed by atoms with Crippen molar-refractivity contribution in [3.63, 3.8) is 0 Å². The van der Waals surface area contributed by atoms with E-state index < -0.39 is 22.0 Å². The first kappa shape index (κ1) is 20.7. The number of fused-ring (bicyclic) bond motifs is 2. The Morgan fingerprint density at radius 1 is 1.23 bits per heavy atom. The second-order valence-electron chi connectivity index (χ2n) is 7.35. The molecule has 2 N–H and O–H groups in total. The summed E-state index contributed by atoms with van der Waals surface area (Å²) in [6, 6.07) is 7.36. The Morgan fingerprint density at radius 3 is 2.67 bits per heavy atom. The van der Waals surface area contributed by atoms with Crippen LogP contribution in [-0.4, -0.2) is 55.0 Å². The summed E-state index contributed by atoms with van der Waals surface area (Å²) in [7, 11) is -3.95. The highest BCUT2D eigenvalue weighted by atomic mass is 32.2. The van der Waals surface area contributed by atoms with E-state index in [1.165, 1.54) is 46.9 Å². The minimum Gasteiger partial charge on any atom is -0.465 e. The van der Waals surface area contributed by atoms with Gasteiger partial charge in [0.25, 0.3) is 0 Å². The number of halogens is 1. The van der Waals surface area contributed by atoms with Crippen LogP contribution in [0.4, 0.5) is 4.39 Å². The summed E-state index contributed by atoms with van der Waals surface area (Å²) in [5.41, 5.74) is 0. The highest BCUT2D eigenvalue weighted by Crippen LogP contribution is 2.28. The molecule has 8 nitrogen and oxygen atoms in total. The first-order valence-corrected chi connectivity index (χ1v) is 11.3. The molecule has 2 bridgehead atoms. The van der Waals surface area contributed by atoms with Gasteiger partial charge < -0.3 is 14.8 Å². The first-order chi connectivity index (χ1) is 14.4. The molecule has 2 saturated heterocycles. The quantitative estimate of drug-likeness (QED) is 0.679. The number of carbonyl (C=O) groups excluding carboxylic acids is 1. The predicted octanol–water partition coefficient (Wildman–Crippen LogP) is 1.04. The molecule has 0 aliphatic carbocycles. The molecule has 2 aromatic rings. The van der Waals surface area contributed by atoms with Gasteiger partial charge in [0.15, 0.2) is 6.04 Å². The molecule has 3 atom stereocenters. The molecule has 0 radical (unpaired) electrons. The van der Waals surface area contributed by atoms with E-state index in [0.29, 0.717) is 5.75 Å². The molecule has 2 aliphatic rings. The Balaban J connectivity index is 1.57. The number of carbonyl (C=O) groups is 1. The third-order valence-electron chi connectivity index (χ3n) is 5.40. The molecule has 0 unspecified atom stereocenters. The monoisotopic (exact) mass is 436 g/mol. The van der Waals surface area contributed by atoms with Crippen LogP contribution < -0.4 is 10.1 Å². The lowest BCUT2D eigenvalue weighted by atomic mass is 10.1. The number of sulfonamides is 1.